The topological polar surface area (TPSA) is 50.7 Å². The highest BCUT2D eigenvalue weighted by Crippen LogP contribution is 2.06. The molecule has 1 rings (SSSR count). The molecule has 1 N–H and O–H groups in total. The van der Waals surface area contributed by atoms with Gasteiger partial charge in [0, 0.05) is 0 Å². The first-order chi connectivity index (χ1) is 8.17. The lowest BCUT2D eigenvalue weighted by molar-refractivity contribution is 0.152. The van der Waals surface area contributed by atoms with Crippen LogP contribution in [-0.4, -0.2) is 18.4 Å². The number of ether oxygens (including phenoxy) is 1. The number of hydrogen-bond acceptors (Lipinski definition) is 3. The second kappa shape index (κ2) is 6.62. The summed E-state index contributed by atoms with van der Waals surface area (Å²) in [5.74, 6) is -0.303. The van der Waals surface area contributed by atoms with E-state index in [1.807, 2.05) is 6.92 Å². The van der Waals surface area contributed by atoms with Crippen molar-refractivity contribution in [3.8, 4) is 0 Å². The summed E-state index contributed by atoms with van der Waals surface area (Å²) in [6, 6.07) is 5.94. The SMILES string of the molecule is CCOC(=O)N/N=C(\CC)c1ccc(F)cc1. The minimum atomic E-state index is -0.597. The molecule has 0 aliphatic rings. The Morgan fingerprint density at radius 1 is 1.35 bits per heavy atom. The molecule has 0 heterocycles. The quantitative estimate of drug-likeness (QED) is 0.647. The molecule has 0 aromatic heterocycles. The Morgan fingerprint density at radius 3 is 2.53 bits per heavy atom. The molecule has 0 aliphatic heterocycles. The van der Waals surface area contributed by atoms with Crippen LogP contribution in [0.2, 0.25) is 0 Å². The van der Waals surface area contributed by atoms with E-state index in [4.69, 9.17) is 0 Å². The van der Waals surface area contributed by atoms with E-state index >= 15 is 0 Å². The maximum atomic E-state index is 12.7. The molecule has 0 saturated heterocycles. The van der Waals surface area contributed by atoms with Crippen molar-refractivity contribution in [2.45, 2.75) is 20.3 Å². The number of nitrogens with zero attached hydrogens (tertiary/aromatic N) is 1. The number of hydrazone groups is 1. The Balaban J connectivity index is 2.73. The van der Waals surface area contributed by atoms with E-state index in [2.05, 4.69) is 15.3 Å². The van der Waals surface area contributed by atoms with Crippen molar-refractivity contribution < 1.29 is 13.9 Å². The molecule has 1 amide bonds. The van der Waals surface area contributed by atoms with Crippen LogP contribution in [-0.2, 0) is 4.74 Å². The van der Waals surface area contributed by atoms with Crippen LogP contribution < -0.4 is 5.43 Å². The first-order valence-electron chi connectivity index (χ1n) is 5.42. The van der Waals surface area contributed by atoms with Crippen LogP contribution in [0.5, 0.6) is 0 Å². The van der Waals surface area contributed by atoms with Gasteiger partial charge in [-0.15, -0.1) is 0 Å². The van der Waals surface area contributed by atoms with Gasteiger partial charge in [0.05, 0.1) is 12.3 Å². The predicted molar refractivity (Wildman–Crippen MR) is 63.4 cm³/mol. The number of nitrogens with one attached hydrogen (secondary N) is 1. The van der Waals surface area contributed by atoms with Crippen LogP contribution in [0.4, 0.5) is 9.18 Å². The van der Waals surface area contributed by atoms with Crippen molar-refractivity contribution in [1.29, 1.82) is 0 Å². The number of amides is 1. The van der Waals surface area contributed by atoms with Gasteiger partial charge in [-0.05, 0) is 31.0 Å². The lowest BCUT2D eigenvalue weighted by atomic mass is 10.1. The van der Waals surface area contributed by atoms with Crippen LogP contribution in [0.15, 0.2) is 29.4 Å². The zero-order chi connectivity index (χ0) is 12.7. The Hall–Kier alpha value is -1.91. The zero-order valence-electron chi connectivity index (χ0n) is 9.87. The lowest BCUT2D eigenvalue weighted by Crippen LogP contribution is -2.20. The fourth-order valence-corrected chi connectivity index (χ4v) is 1.27. The molecule has 1 aromatic rings. The van der Waals surface area contributed by atoms with Crippen LogP contribution in [0.3, 0.4) is 0 Å². The first kappa shape index (κ1) is 13.2. The monoisotopic (exact) mass is 238 g/mol. The third kappa shape index (κ3) is 4.22. The minimum absolute atomic E-state index is 0.291. The normalized spacial score (nSPS) is 11.1. The number of halogens is 1. The van der Waals surface area contributed by atoms with Crippen molar-refractivity contribution in [2.24, 2.45) is 5.10 Å². The third-order valence-corrected chi connectivity index (χ3v) is 2.07. The molecule has 92 valence electrons. The lowest BCUT2D eigenvalue weighted by Gasteiger charge is -2.05. The molecule has 0 spiro atoms. The second-order valence-corrected chi connectivity index (χ2v) is 3.25. The predicted octanol–water partition coefficient (Wildman–Crippen LogP) is 2.69. The molecular weight excluding hydrogens is 223 g/mol. The van der Waals surface area contributed by atoms with Gasteiger partial charge in [-0.3, -0.25) is 0 Å². The molecule has 0 saturated carbocycles. The van der Waals surface area contributed by atoms with Crippen molar-refractivity contribution in [3.05, 3.63) is 35.6 Å². The molecule has 0 atom stereocenters. The summed E-state index contributed by atoms with van der Waals surface area (Å²) in [5.41, 5.74) is 3.71. The van der Waals surface area contributed by atoms with E-state index in [9.17, 15) is 9.18 Å². The summed E-state index contributed by atoms with van der Waals surface area (Å²) in [7, 11) is 0. The third-order valence-electron chi connectivity index (χ3n) is 2.07. The van der Waals surface area contributed by atoms with E-state index in [0.717, 1.165) is 5.56 Å². The van der Waals surface area contributed by atoms with Crippen LogP contribution in [0.25, 0.3) is 0 Å². The summed E-state index contributed by atoms with van der Waals surface area (Å²) in [6.07, 6.45) is 0.0264. The molecule has 5 heteroatoms. The van der Waals surface area contributed by atoms with E-state index in [-0.39, 0.29) is 5.82 Å². The zero-order valence-corrected chi connectivity index (χ0v) is 9.87. The summed E-state index contributed by atoms with van der Waals surface area (Å²) < 4.78 is 17.4. The van der Waals surface area contributed by atoms with Gasteiger partial charge in [-0.2, -0.15) is 5.10 Å². The van der Waals surface area contributed by atoms with Gasteiger partial charge in [0.1, 0.15) is 5.82 Å². The highest BCUT2D eigenvalue weighted by molar-refractivity contribution is 6.00. The number of hydrogen-bond donors (Lipinski definition) is 1. The van der Waals surface area contributed by atoms with Crippen molar-refractivity contribution in [3.63, 3.8) is 0 Å². The molecule has 0 fully saturated rings. The standard InChI is InChI=1S/C12H15FN2O2/c1-3-11(14-15-12(16)17-4-2)9-5-7-10(13)8-6-9/h5-8H,3-4H2,1-2H3,(H,15,16)/b14-11+. The maximum Gasteiger partial charge on any atom is 0.427 e. The summed E-state index contributed by atoms with van der Waals surface area (Å²) in [5, 5.41) is 3.93. The average molecular weight is 238 g/mol. The molecule has 17 heavy (non-hydrogen) atoms. The van der Waals surface area contributed by atoms with Crippen LogP contribution in [0, 0.1) is 5.82 Å². The van der Waals surface area contributed by atoms with Gasteiger partial charge in [0.25, 0.3) is 0 Å². The number of carbonyl (C=O) groups excluding carboxylic acids is 1. The Morgan fingerprint density at radius 2 is 2.00 bits per heavy atom. The van der Waals surface area contributed by atoms with E-state index in [1.54, 1.807) is 19.1 Å². The average Bonchev–Trinajstić information content (AvgIpc) is 2.32. The fraction of sp³-hybridized carbons (Fsp3) is 0.333. The van der Waals surface area contributed by atoms with Gasteiger partial charge >= 0.3 is 6.09 Å². The maximum absolute atomic E-state index is 12.7. The van der Waals surface area contributed by atoms with Crippen LogP contribution in [0.1, 0.15) is 25.8 Å². The summed E-state index contributed by atoms with van der Waals surface area (Å²) >= 11 is 0. The Kier molecular flexibility index (Phi) is 5.13. The molecule has 4 nitrogen and oxygen atoms in total. The summed E-state index contributed by atoms with van der Waals surface area (Å²) in [6.45, 7) is 3.90. The molecule has 0 unspecified atom stereocenters. The number of rotatable bonds is 4. The first-order valence-corrected chi connectivity index (χ1v) is 5.42. The highest BCUT2D eigenvalue weighted by Gasteiger charge is 2.03. The van der Waals surface area contributed by atoms with E-state index < -0.39 is 6.09 Å². The van der Waals surface area contributed by atoms with Crippen molar-refractivity contribution >= 4 is 11.8 Å². The molecule has 0 aliphatic carbocycles. The number of carbonyl (C=O) groups is 1. The molecular formula is C12H15FN2O2. The highest BCUT2D eigenvalue weighted by atomic mass is 19.1. The molecule has 1 aromatic carbocycles. The Labute approximate surface area is 99.5 Å². The van der Waals surface area contributed by atoms with Gasteiger partial charge in [0.2, 0.25) is 0 Å². The molecule has 0 bridgehead atoms. The second-order valence-electron chi connectivity index (χ2n) is 3.25. The largest absolute Gasteiger partial charge is 0.449 e. The smallest absolute Gasteiger partial charge is 0.427 e. The fourth-order valence-electron chi connectivity index (χ4n) is 1.27. The van der Waals surface area contributed by atoms with Crippen LogP contribution >= 0.6 is 0 Å². The van der Waals surface area contributed by atoms with Crippen molar-refractivity contribution in [1.82, 2.24) is 5.43 Å². The van der Waals surface area contributed by atoms with Gasteiger partial charge in [-0.1, -0.05) is 19.1 Å². The van der Waals surface area contributed by atoms with E-state index in [0.29, 0.717) is 18.7 Å². The Bertz CT molecular complexity index is 401. The van der Waals surface area contributed by atoms with Gasteiger partial charge in [0.15, 0.2) is 0 Å². The number of benzene rings is 1. The molecule has 0 radical (unpaired) electrons. The van der Waals surface area contributed by atoms with Gasteiger partial charge in [-0.25, -0.2) is 14.6 Å². The summed E-state index contributed by atoms with van der Waals surface area (Å²) in [4.78, 5) is 11.0. The minimum Gasteiger partial charge on any atom is -0.449 e. The van der Waals surface area contributed by atoms with Gasteiger partial charge < -0.3 is 4.74 Å². The van der Waals surface area contributed by atoms with Crippen molar-refractivity contribution in [2.75, 3.05) is 6.61 Å². The van der Waals surface area contributed by atoms with E-state index in [1.165, 1.54) is 12.1 Å².